The molecule has 0 aromatic heterocycles. The Morgan fingerprint density at radius 1 is 0.344 bits per heavy atom. The summed E-state index contributed by atoms with van der Waals surface area (Å²) in [6.07, 6.45) is 61.6. The summed E-state index contributed by atoms with van der Waals surface area (Å²) in [5, 5.41) is 0. The standard InChI is InChI=1S/C55H94O6/c1-4-7-10-13-16-19-22-25-27-30-33-36-39-42-45-48-54(57)60-51-52(50-59-53(56)47-44-41-38-35-32-29-24-21-18-15-12-9-6-3)61-55(58)49-46-43-40-37-34-31-28-26-23-20-17-14-11-8-5-2/h8,11,16-17,19-21,24-28,52H,4-7,9-10,12-15,18,22-23,29-51H2,1-3H3/b11-8-,19-16-,20-17-,24-21-,27-25-,28-26-/t52-/m1/s1. The van der Waals surface area contributed by atoms with Crippen LogP contribution in [0.5, 0.6) is 0 Å². The minimum atomic E-state index is -0.792. The van der Waals surface area contributed by atoms with E-state index in [1.807, 2.05) is 0 Å². The van der Waals surface area contributed by atoms with Gasteiger partial charge in [-0.2, -0.15) is 0 Å². The van der Waals surface area contributed by atoms with Crippen molar-refractivity contribution in [3.8, 4) is 0 Å². The van der Waals surface area contributed by atoms with Crippen LogP contribution in [0.4, 0.5) is 0 Å². The summed E-state index contributed by atoms with van der Waals surface area (Å²) in [6, 6.07) is 0. The second kappa shape index (κ2) is 49.5. The van der Waals surface area contributed by atoms with Crippen LogP contribution in [0.3, 0.4) is 0 Å². The summed E-state index contributed by atoms with van der Waals surface area (Å²) in [6.45, 7) is 6.45. The Hall–Kier alpha value is -3.15. The van der Waals surface area contributed by atoms with Crippen molar-refractivity contribution in [1.29, 1.82) is 0 Å². The first kappa shape index (κ1) is 57.9. The molecule has 0 aromatic carbocycles. The summed E-state index contributed by atoms with van der Waals surface area (Å²) in [5.41, 5.74) is 0. The molecule has 0 aliphatic heterocycles. The van der Waals surface area contributed by atoms with E-state index in [4.69, 9.17) is 14.2 Å². The van der Waals surface area contributed by atoms with Gasteiger partial charge in [-0.3, -0.25) is 14.4 Å². The van der Waals surface area contributed by atoms with E-state index >= 15 is 0 Å². The molecule has 0 spiro atoms. The number of hydrogen-bond donors (Lipinski definition) is 0. The number of hydrogen-bond acceptors (Lipinski definition) is 6. The highest BCUT2D eigenvalue weighted by Crippen LogP contribution is 2.13. The molecule has 6 nitrogen and oxygen atoms in total. The predicted molar refractivity (Wildman–Crippen MR) is 261 cm³/mol. The summed E-state index contributed by atoms with van der Waals surface area (Å²) in [4.78, 5) is 37.9. The van der Waals surface area contributed by atoms with Crippen LogP contribution in [0.1, 0.15) is 239 Å². The molecule has 0 aromatic rings. The third-order valence-corrected chi connectivity index (χ3v) is 10.7. The molecule has 0 aliphatic rings. The van der Waals surface area contributed by atoms with Gasteiger partial charge < -0.3 is 14.2 Å². The second-order valence-corrected chi connectivity index (χ2v) is 16.7. The van der Waals surface area contributed by atoms with E-state index in [1.54, 1.807) is 0 Å². The fourth-order valence-corrected chi connectivity index (χ4v) is 6.83. The Balaban J connectivity index is 4.45. The van der Waals surface area contributed by atoms with Gasteiger partial charge in [0.15, 0.2) is 6.10 Å². The van der Waals surface area contributed by atoms with E-state index in [0.717, 1.165) is 128 Å². The first-order valence-corrected chi connectivity index (χ1v) is 25.4. The SMILES string of the molecule is CC/C=C\C/C=C\C/C=C\CCCCCCCC(=O)O[C@@H](COC(=O)CCCCCCC/C=C\C/C=C\CCCCC)COC(=O)CCCCCCC/C=C\CCCCCC. The van der Waals surface area contributed by atoms with E-state index in [-0.39, 0.29) is 31.1 Å². The van der Waals surface area contributed by atoms with Crippen molar-refractivity contribution in [3.05, 3.63) is 72.9 Å². The highest BCUT2D eigenvalue weighted by Gasteiger charge is 2.19. The lowest BCUT2D eigenvalue weighted by atomic mass is 10.1. The fraction of sp³-hybridized carbons (Fsp3) is 0.727. The first-order chi connectivity index (χ1) is 30.0. The lowest BCUT2D eigenvalue weighted by Gasteiger charge is -2.18. The summed E-state index contributed by atoms with van der Waals surface area (Å²) < 4.78 is 16.8. The van der Waals surface area contributed by atoms with Gasteiger partial charge in [-0.25, -0.2) is 0 Å². The van der Waals surface area contributed by atoms with Crippen molar-refractivity contribution in [3.63, 3.8) is 0 Å². The molecule has 0 unspecified atom stereocenters. The largest absolute Gasteiger partial charge is 0.462 e. The average Bonchev–Trinajstić information content (AvgIpc) is 3.26. The van der Waals surface area contributed by atoms with Gasteiger partial charge in [0.2, 0.25) is 0 Å². The number of esters is 3. The molecule has 1 atom stereocenters. The van der Waals surface area contributed by atoms with Crippen molar-refractivity contribution in [2.75, 3.05) is 13.2 Å². The van der Waals surface area contributed by atoms with Gasteiger partial charge in [0.05, 0.1) is 0 Å². The Morgan fingerprint density at radius 2 is 0.639 bits per heavy atom. The van der Waals surface area contributed by atoms with Crippen molar-refractivity contribution in [2.24, 2.45) is 0 Å². The Kier molecular flexibility index (Phi) is 46.9. The number of carbonyl (C=O) groups excluding carboxylic acids is 3. The molecule has 0 rings (SSSR count). The highest BCUT2D eigenvalue weighted by atomic mass is 16.6. The molecule has 61 heavy (non-hydrogen) atoms. The van der Waals surface area contributed by atoms with Crippen LogP contribution in [0.2, 0.25) is 0 Å². The topological polar surface area (TPSA) is 78.9 Å². The Labute approximate surface area is 376 Å². The third kappa shape index (κ3) is 47.7. The lowest BCUT2D eigenvalue weighted by molar-refractivity contribution is -0.167. The summed E-state index contributed by atoms with van der Waals surface area (Å²) >= 11 is 0. The molecular formula is C55H94O6. The number of carbonyl (C=O) groups is 3. The van der Waals surface area contributed by atoms with Gasteiger partial charge in [0.1, 0.15) is 13.2 Å². The smallest absolute Gasteiger partial charge is 0.306 e. The third-order valence-electron chi connectivity index (χ3n) is 10.7. The van der Waals surface area contributed by atoms with Crippen LogP contribution in [-0.4, -0.2) is 37.2 Å². The quantitative estimate of drug-likeness (QED) is 0.0263. The maximum absolute atomic E-state index is 12.8. The molecule has 0 saturated carbocycles. The van der Waals surface area contributed by atoms with Gasteiger partial charge >= 0.3 is 17.9 Å². The monoisotopic (exact) mass is 851 g/mol. The van der Waals surface area contributed by atoms with Crippen LogP contribution >= 0.6 is 0 Å². The van der Waals surface area contributed by atoms with Gasteiger partial charge in [-0.15, -0.1) is 0 Å². The van der Waals surface area contributed by atoms with E-state index < -0.39 is 6.10 Å². The number of rotatable bonds is 45. The number of allylic oxidation sites excluding steroid dienone is 12. The van der Waals surface area contributed by atoms with Crippen LogP contribution < -0.4 is 0 Å². The zero-order valence-electron chi connectivity index (χ0n) is 39.9. The normalized spacial score (nSPS) is 12.6. The minimum absolute atomic E-state index is 0.0917. The van der Waals surface area contributed by atoms with Crippen molar-refractivity contribution in [1.82, 2.24) is 0 Å². The van der Waals surface area contributed by atoms with Crippen molar-refractivity contribution < 1.29 is 28.6 Å². The van der Waals surface area contributed by atoms with Crippen molar-refractivity contribution >= 4 is 17.9 Å². The van der Waals surface area contributed by atoms with Gasteiger partial charge in [-0.1, -0.05) is 184 Å². The van der Waals surface area contributed by atoms with E-state index in [2.05, 4.69) is 93.7 Å². The highest BCUT2D eigenvalue weighted by molar-refractivity contribution is 5.71. The second-order valence-electron chi connectivity index (χ2n) is 16.7. The zero-order valence-corrected chi connectivity index (χ0v) is 39.9. The molecule has 0 bridgehead atoms. The average molecular weight is 851 g/mol. The molecule has 6 heteroatoms. The molecular weight excluding hydrogens is 757 g/mol. The minimum Gasteiger partial charge on any atom is -0.462 e. The Morgan fingerprint density at radius 3 is 1.05 bits per heavy atom. The van der Waals surface area contributed by atoms with E-state index in [9.17, 15) is 14.4 Å². The molecule has 0 N–H and O–H groups in total. The Bertz CT molecular complexity index is 1160. The molecule has 0 saturated heterocycles. The zero-order chi connectivity index (χ0) is 44.4. The van der Waals surface area contributed by atoms with Crippen LogP contribution in [0.25, 0.3) is 0 Å². The summed E-state index contributed by atoms with van der Waals surface area (Å²) in [5.74, 6) is -0.931. The number of unbranched alkanes of at least 4 members (excludes halogenated alkanes) is 22. The van der Waals surface area contributed by atoms with E-state index in [1.165, 1.54) is 70.6 Å². The molecule has 0 aliphatic carbocycles. The molecule has 0 heterocycles. The van der Waals surface area contributed by atoms with Crippen molar-refractivity contribution in [2.45, 2.75) is 245 Å². The van der Waals surface area contributed by atoms with Crippen LogP contribution in [-0.2, 0) is 28.6 Å². The maximum Gasteiger partial charge on any atom is 0.306 e. The lowest BCUT2D eigenvalue weighted by Crippen LogP contribution is -2.30. The predicted octanol–water partition coefficient (Wildman–Crippen LogP) is 16.6. The molecule has 0 amide bonds. The molecule has 0 radical (unpaired) electrons. The van der Waals surface area contributed by atoms with E-state index in [0.29, 0.717) is 19.3 Å². The van der Waals surface area contributed by atoms with Gasteiger partial charge in [-0.05, 0) is 109 Å². The molecule has 0 fully saturated rings. The molecule has 350 valence electrons. The fourth-order valence-electron chi connectivity index (χ4n) is 6.83. The van der Waals surface area contributed by atoms with Gasteiger partial charge in [0.25, 0.3) is 0 Å². The first-order valence-electron chi connectivity index (χ1n) is 25.4. The maximum atomic E-state index is 12.8. The summed E-state index contributed by atoms with van der Waals surface area (Å²) in [7, 11) is 0. The van der Waals surface area contributed by atoms with Crippen LogP contribution in [0, 0.1) is 0 Å². The van der Waals surface area contributed by atoms with Crippen LogP contribution in [0.15, 0.2) is 72.9 Å². The van der Waals surface area contributed by atoms with Gasteiger partial charge in [0, 0.05) is 19.3 Å². The number of ether oxygens (including phenoxy) is 3.